The monoisotopic (exact) mass is 267 g/mol. The number of benzene rings is 1. The number of likely N-dealkylation sites (tertiary alicyclic amines) is 1. The summed E-state index contributed by atoms with van der Waals surface area (Å²) in [5, 5.41) is 0. The van der Waals surface area contributed by atoms with E-state index < -0.39 is 0 Å². The van der Waals surface area contributed by atoms with Crippen molar-refractivity contribution in [2.45, 2.75) is 38.3 Å². The molecule has 1 fully saturated rings. The van der Waals surface area contributed by atoms with Gasteiger partial charge < -0.3 is 4.74 Å². The van der Waals surface area contributed by atoms with Crippen LogP contribution in [0.5, 0.6) is 5.75 Å². The standard InChI is InChI=1S/C15H22ClNO/c1-18-15-9-3-2-6-13(15)12-17-11-5-8-14(17)7-4-10-16/h2-3,6,9,14H,4-5,7-8,10-12H2,1H3. The Labute approximate surface area is 115 Å². The van der Waals surface area contributed by atoms with E-state index in [-0.39, 0.29) is 0 Å². The maximum Gasteiger partial charge on any atom is 0.123 e. The highest BCUT2D eigenvalue weighted by atomic mass is 35.5. The van der Waals surface area contributed by atoms with E-state index in [0.29, 0.717) is 6.04 Å². The van der Waals surface area contributed by atoms with E-state index in [2.05, 4.69) is 17.0 Å². The van der Waals surface area contributed by atoms with Gasteiger partial charge >= 0.3 is 0 Å². The Bertz CT molecular complexity index is 369. The quantitative estimate of drug-likeness (QED) is 0.729. The van der Waals surface area contributed by atoms with Gasteiger partial charge in [-0.2, -0.15) is 0 Å². The minimum atomic E-state index is 0.702. The van der Waals surface area contributed by atoms with Crippen LogP contribution in [0.25, 0.3) is 0 Å². The summed E-state index contributed by atoms with van der Waals surface area (Å²) < 4.78 is 5.42. The number of nitrogens with zero attached hydrogens (tertiary/aromatic N) is 1. The van der Waals surface area contributed by atoms with Gasteiger partial charge in [-0.1, -0.05) is 18.2 Å². The molecule has 1 unspecified atom stereocenters. The van der Waals surface area contributed by atoms with Crippen molar-refractivity contribution in [2.24, 2.45) is 0 Å². The fourth-order valence-corrected chi connectivity index (χ4v) is 2.95. The second-order valence-corrected chi connectivity index (χ2v) is 5.29. The summed E-state index contributed by atoms with van der Waals surface area (Å²) >= 11 is 5.80. The Morgan fingerprint density at radius 3 is 3.00 bits per heavy atom. The molecule has 3 heteroatoms. The molecule has 1 aromatic carbocycles. The van der Waals surface area contributed by atoms with E-state index in [1.165, 1.54) is 31.4 Å². The third-order valence-corrected chi connectivity index (χ3v) is 4.00. The van der Waals surface area contributed by atoms with Crippen LogP contribution in [0, 0.1) is 0 Å². The first-order valence-corrected chi connectivity index (χ1v) is 7.30. The third kappa shape index (κ3) is 3.39. The van der Waals surface area contributed by atoms with E-state index >= 15 is 0 Å². The third-order valence-electron chi connectivity index (χ3n) is 3.74. The van der Waals surface area contributed by atoms with Crippen molar-refractivity contribution in [1.82, 2.24) is 4.90 Å². The van der Waals surface area contributed by atoms with Crippen LogP contribution in [0.3, 0.4) is 0 Å². The molecule has 1 atom stereocenters. The van der Waals surface area contributed by atoms with E-state index in [1.54, 1.807) is 7.11 Å². The van der Waals surface area contributed by atoms with Crippen molar-refractivity contribution in [3.63, 3.8) is 0 Å². The molecule has 0 aromatic heterocycles. The van der Waals surface area contributed by atoms with Crippen molar-refractivity contribution in [3.8, 4) is 5.75 Å². The van der Waals surface area contributed by atoms with Crippen LogP contribution in [0.1, 0.15) is 31.2 Å². The Balaban J connectivity index is 1.99. The van der Waals surface area contributed by atoms with Crippen molar-refractivity contribution < 1.29 is 4.74 Å². The molecule has 100 valence electrons. The number of hydrogen-bond donors (Lipinski definition) is 0. The van der Waals surface area contributed by atoms with E-state index in [9.17, 15) is 0 Å². The maximum atomic E-state index is 5.80. The molecule has 1 saturated heterocycles. The molecule has 0 aliphatic carbocycles. The average molecular weight is 268 g/mol. The lowest BCUT2D eigenvalue weighted by atomic mass is 10.1. The van der Waals surface area contributed by atoms with Gasteiger partial charge in [0.25, 0.3) is 0 Å². The fraction of sp³-hybridized carbons (Fsp3) is 0.600. The van der Waals surface area contributed by atoms with Gasteiger partial charge in [-0.15, -0.1) is 11.6 Å². The normalized spacial score (nSPS) is 20.2. The fourth-order valence-electron chi connectivity index (χ4n) is 2.80. The van der Waals surface area contributed by atoms with E-state index in [0.717, 1.165) is 24.6 Å². The van der Waals surface area contributed by atoms with Crippen LogP contribution in [0.2, 0.25) is 0 Å². The summed E-state index contributed by atoms with van der Waals surface area (Å²) in [4.78, 5) is 2.57. The van der Waals surface area contributed by atoms with Gasteiger partial charge in [0, 0.05) is 24.0 Å². The SMILES string of the molecule is COc1ccccc1CN1CCCC1CCCCl. The van der Waals surface area contributed by atoms with Crippen molar-refractivity contribution in [1.29, 1.82) is 0 Å². The molecule has 0 N–H and O–H groups in total. The zero-order chi connectivity index (χ0) is 12.8. The molecule has 0 spiro atoms. The van der Waals surface area contributed by atoms with E-state index in [1.807, 2.05) is 12.1 Å². The van der Waals surface area contributed by atoms with Crippen molar-refractivity contribution in [3.05, 3.63) is 29.8 Å². The first-order valence-electron chi connectivity index (χ1n) is 6.77. The highest BCUT2D eigenvalue weighted by Gasteiger charge is 2.24. The average Bonchev–Trinajstić information content (AvgIpc) is 2.84. The Hall–Kier alpha value is -0.730. The number of ether oxygens (including phenoxy) is 1. The number of methoxy groups -OCH3 is 1. The van der Waals surface area contributed by atoms with Crippen LogP contribution in [0.4, 0.5) is 0 Å². The zero-order valence-corrected chi connectivity index (χ0v) is 11.8. The summed E-state index contributed by atoms with van der Waals surface area (Å²) in [6, 6.07) is 9.02. The molecule has 1 aliphatic rings. The number of alkyl halides is 1. The minimum absolute atomic E-state index is 0.702. The summed E-state index contributed by atoms with van der Waals surface area (Å²) in [5.41, 5.74) is 1.29. The Kier molecular flexibility index (Phi) is 5.33. The second-order valence-electron chi connectivity index (χ2n) is 4.91. The van der Waals surface area contributed by atoms with Crippen molar-refractivity contribution in [2.75, 3.05) is 19.5 Å². The molecular weight excluding hydrogens is 246 g/mol. The molecule has 1 heterocycles. The Morgan fingerprint density at radius 1 is 1.39 bits per heavy atom. The van der Waals surface area contributed by atoms with Gasteiger partial charge in [-0.25, -0.2) is 0 Å². The zero-order valence-electron chi connectivity index (χ0n) is 11.1. The summed E-state index contributed by atoms with van der Waals surface area (Å²) in [6.07, 6.45) is 4.96. The molecule has 0 bridgehead atoms. The second kappa shape index (κ2) is 7.01. The topological polar surface area (TPSA) is 12.5 Å². The van der Waals surface area contributed by atoms with Gasteiger partial charge in [0.2, 0.25) is 0 Å². The van der Waals surface area contributed by atoms with Gasteiger partial charge in [-0.05, 0) is 38.3 Å². The molecule has 0 radical (unpaired) electrons. The Morgan fingerprint density at radius 2 is 2.22 bits per heavy atom. The molecule has 0 saturated carbocycles. The number of rotatable bonds is 6. The summed E-state index contributed by atoms with van der Waals surface area (Å²) in [7, 11) is 1.74. The summed E-state index contributed by atoms with van der Waals surface area (Å²) in [5.74, 6) is 1.78. The van der Waals surface area contributed by atoms with Gasteiger partial charge in [0.1, 0.15) is 5.75 Å². The van der Waals surface area contributed by atoms with E-state index in [4.69, 9.17) is 16.3 Å². The number of para-hydroxylation sites is 1. The molecule has 2 rings (SSSR count). The van der Waals surface area contributed by atoms with Crippen molar-refractivity contribution >= 4 is 11.6 Å². The summed E-state index contributed by atoms with van der Waals surface area (Å²) in [6.45, 7) is 2.20. The molecule has 2 nitrogen and oxygen atoms in total. The predicted octanol–water partition coefficient (Wildman–Crippen LogP) is 3.68. The first kappa shape index (κ1) is 13.7. The molecule has 1 aliphatic heterocycles. The largest absolute Gasteiger partial charge is 0.496 e. The smallest absolute Gasteiger partial charge is 0.123 e. The lowest BCUT2D eigenvalue weighted by Crippen LogP contribution is -2.29. The van der Waals surface area contributed by atoms with Crippen LogP contribution in [-0.4, -0.2) is 30.5 Å². The van der Waals surface area contributed by atoms with Crippen LogP contribution in [0.15, 0.2) is 24.3 Å². The lowest BCUT2D eigenvalue weighted by molar-refractivity contribution is 0.230. The van der Waals surface area contributed by atoms with Crippen LogP contribution in [-0.2, 0) is 6.54 Å². The first-order chi connectivity index (χ1) is 8.85. The molecule has 18 heavy (non-hydrogen) atoms. The van der Waals surface area contributed by atoms with Gasteiger partial charge in [0.15, 0.2) is 0 Å². The highest BCUT2D eigenvalue weighted by molar-refractivity contribution is 6.17. The maximum absolute atomic E-state index is 5.80. The predicted molar refractivity (Wildman–Crippen MR) is 76.4 cm³/mol. The number of halogens is 1. The highest BCUT2D eigenvalue weighted by Crippen LogP contribution is 2.26. The molecule has 1 aromatic rings. The van der Waals surface area contributed by atoms with Crippen LogP contribution < -0.4 is 4.74 Å². The van der Waals surface area contributed by atoms with Gasteiger partial charge in [-0.3, -0.25) is 4.90 Å². The van der Waals surface area contributed by atoms with Gasteiger partial charge in [0.05, 0.1) is 7.11 Å². The minimum Gasteiger partial charge on any atom is -0.496 e. The molecular formula is C15H22ClNO. The van der Waals surface area contributed by atoms with Crippen LogP contribution >= 0.6 is 11.6 Å². The molecule has 0 amide bonds. The lowest BCUT2D eigenvalue weighted by Gasteiger charge is -2.25. The number of hydrogen-bond acceptors (Lipinski definition) is 2.